The topological polar surface area (TPSA) is 58.6 Å². The minimum Gasteiger partial charge on any atom is -0.378 e. The number of unbranched alkanes of at least 4 members (excludes halogenated alkanes) is 1. The molecule has 28 heavy (non-hydrogen) atoms. The molecular weight excluding hydrogens is 352 g/mol. The van der Waals surface area contributed by atoms with E-state index in [4.69, 9.17) is 4.74 Å². The van der Waals surface area contributed by atoms with Crippen molar-refractivity contribution >= 4 is 11.7 Å². The number of aromatic nitrogens is 2. The Morgan fingerprint density at radius 3 is 2.68 bits per heavy atom. The Morgan fingerprint density at radius 2 is 1.86 bits per heavy atom. The van der Waals surface area contributed by atoms with Crippen LogP contribution in [0, 0.1) is 0 Å². The minimum absolute atomic E-state index is 0.241. The number of benzene rings is 1. The summed E-state index contributed by atoms with van der Waals surface area (Å²) in [6, 6.07) is 10.5. The molecule has 0 radical (unpaired) electrons. The first-order valence-electron chi connectivity index (χ1n) is 10.3. The SMILES string of the molecule is O=C(CCCCc1ccccc1)N1CCc2c(ncnc2N2CCOCC2)C1. The van der Waals surface area contributed by atoms with Crippen molar-refractivity contribution < 1.29 is 9.53 Å². The lowest BCUT2D eigenvalue weighted by Crippen LogP contribution is -2.40. The van der Waals surface area contributed by atoms with Crippen LogP contribution in [0.25, 0.3) is 0 Å². The van der Waals surface area contributed by atoms with Crippen LogP contribution in [0.5, 0.6) is 0 Å². The maximum Gasteiger partial charge on any atom is 0.222 e. The smallest absolute Gasteiger partial charge is 0.222 e. The molecule has 0 spiro atoms. The Balaban J connectivity index is 1.30. The third kappa shape index (κ3) is 4.50. The molecule has 2 aliphatic rings. The van der Waals surface area contributed by atoms with Gasteiger partial charge in [0.25, 0.3) is 0 Å². The molecule has 0 atom stereocenters. The zero-order valence-corrected chi connectivity index (χ0v) is 16.3. The summed E-state index contributed by atoms with van der Waals surface area (Å²) in [6.45, 7) is 4.59. The van der Waals surface area contributed by atoms with Gasteiger partial charge in [0, 0.05) is 31.6 Å². The van der Waals surface area contributed by atoms with E-state index in [9.17, 15) is 4.79 Å². The summed E-state index contributed by atoms with van der Waals surface area (Å²) in [5.41, 5.74) is 3.55. The van der Waals surface area contributed by atoms with Gasteiger partial charge in [0.05, 0.1) is 25.5 Å². The average molecular weight is 380 g/mol. The number of fused-ring (bicyclic) bond motifs is 1. The van der Waals surface area contributed by atoms with Gasteiger partial charge in [-0.25, -0.2) is 9.97 Å². The highest BCUT2D eigenvalue weighted by molar-refractivity contribution is 5.76. The molecule has 0 saturated carbocycles. The fourth-order valence-electron chi connectivity index (χ4n) is 4.01. The van der Waals surface area contributed by atoms with Crippen molar-refractivity contribution in [2.45, 2.75) is 38.6 Å². The second-order valence-corrected chi connectivity index (χ2v) is 7.48. The molecule has 0 bridgehead atoms. The Kier molecular flexibility index (Phi) is 6.17. The molecule has 1 saturated heterocycles. The highest BCUT2D eigenvalue weighted by Crippen LogP contribution is 2.26. The lowest BCUT2D eigenvalue weighted by atomic mass is 10.0. The van der Waals surface area contributed by atoms with Crippen LogP contribution in [-0.2, 0) is 28.9 Å². The number of carbonyl (C=O) groups excluding carboxylic acids is 1. The van der Waals surface area contributed by atoms with Crippen LogP contribution in [0.3, 0.4) is 0 Å². The third-order valence-corrected chi connectivity index (χ3v) is 5.60. The molecule has 1 aromatic heterocycles. The molecule has 0 unspecified atom stereocenters. The maximum atomic E-state index is 12.7. The van der Waals surface area contributed by atoms with Gasteiger partial charge in [-0.1, -0.05) is 30.3 Å². The zero-order chi connectivity index (χ0) is 19.2. The molecule has 6 nitrogen and oxygen atoms in total. The van der Waals surface area contributed by atoms with Crippen LogP contribution in [-0.4, -0.2) is 53.6 Å². The van der Waals surface area contributed by atoms with Gasteiger partial charge < -0.3 is 14.5 Å². The maximum absolute atomic E-state index is 12.7. The van der Waals surface area contributed by atoms with E-state index in [1.54, 1.807) is 6.33 Å². The van der Waals surface area contributed by atoms with E-state index in [1.165, 1.54) is 11.1 Å². The first-order chi connectivity index (χ1) is 13.8. The summed E-state index contributed by atoms with van der Waals surface area (Å²) in [5.74, 6) is 1.27. The lowest BCUT2D eigenvalue weighted by molar-refractivity contribution is -0.132. The Hall–Kier alpha value is -2.47. The second-order valence-electron chi connectivity index (χ2n) is 7.48. The monoisotopic (exact) mass is 380 g/mol. The van der Waals surface area contributed by atoms with Crippen LogP contribution in [0.1, 0.15) is 36.1 Å². The molecule has 4 rings (SSSR count). The number of hydrogen-bond acceptors (Lipinski definition) is 5. The lowest BCUT2D eigenvalue weighted by Gasteiger charge is -2.33. The molecule has 148 valence electrons. The molecule has 6 heteroatoms. The van der Waals surface area contributed by atoms with E-state index in [0.717, 1.165) is 70.0 Å². The van der Waals surface area contributed by atoms with Crippen molar-refractivity contribution in [2.75, 3.05) is 37.7 Å². The number of aryl methyl sites for hydroxylation is 1. The summed E-state index contributed by atoms with van der Waals surface area (Å²) in [4.78, 5) is 25.9. The summed E-state index contributed by atoms with van der Waals surface area (Å²) in [5, 5.41) is 0. The first kappa shape index (κ1) is 18.9. The highest BCUT2D eigenvalue weighted by Gasteiger charge is 2.26. The fourth-order valence-corrected chi connectivity index (χ4v) is 4.01. The summed E-state index contributed by atoms with van der Waals surface area (Å²) >= 11 is 0. The summed E-state index contributed by atoms with van der Waals surface area (Å²) in [6.07, 6.45) is 6.09. The Labute approximate surface area is 166 Å². The normalized spacial score (nSPS) is 16.7. The molecule has 0 N–H and O–H groups in total. The van der Waals surface area contributed by atoms with E-state index in [0.29, 0.717) is 13.0 Å². The summed E-state index contributed by atoms with van der Waals surface area (Å²) < 4.78 is 5.45. The molecule has 0 aliphatic carbocycles. The van der Waals surface area contributed by atoms with Crippen molar-refractivity contribution in [1.82, 2.24) is 14.9 Å². The number of carbonyl (C=O) groups is 1. The largest absolute Gasteiger partial charge is 0.378 e. The van der Waals surface area contributed by atoms with Crippen LogP contribution in [0.2, 0.25) is 0 Å². The van der Waals surface area contributed by atoms with Crippen molar-refractivity contribution in [3.8, 4) is 0 Å². The molecule has 3 heterocycles. The van der Waals surface area contributed by atoms with Crippen molar-refractivity contribution in [3.63, 3.8) is 0 Å². The van der Waals surface area contributed by atoms with Crippen molar-refractivity contribution in [3.05, 3.63) is 53.5 Å². The van der Waals surface area contributed by atoms with Crippen molar-refractivity contribution in [2.24, 2.45) is 0 Å². The van der Waals surface area contributed by atoms with E-state index in [-0.39, 0.29) is 5.91 Å². The Morgan fingerprint density at radius 1 is 1.04 bits per heavy atom. The van der Waals surface area contributed by atoms with Gasteiger partial charge in [0.2, 0.25) is 5.91 Å². The predicted octanol–water partition coefficient (Wildman–Crippen LogP) is 2.61. The van der Waals surface area contributed by atoms with Gasteiger partial charge in [0.15, 0.2) is 0 Å². The number of nitrogens with zero attached hydrogens (tertiary/aromatic N) is 4. The number of morpholine rings is 1. The Bertz CT molecular complexity index is 790. The zero-order valence-electron chi connectivity index (χ0n) is 16.3. The number of amides is 1. The van der Waals surface area contributed by atoms with Gasteiger partial charge >= 0.3 is 0 Å². The number of anilines is 1. The molecule has 2 aromatic rings. The van der Waals surface area contributed by atoms with Crippen LogP contribution >= 0.6 is 0 Å². The molecular formula is C22H28N4O2. The average Bonchev–Trinajstić information content (AvgIpc) is 2.77. The number of ether oxygens (including phenoxy) is 1. The third-order valence-electron chi connectivity index (χ3n) is 5.60. The molecule has 1 aromatic carbocycles. The first-order valence-corrected chi connectivity index (χ1v) is 10.3. The standard InChI is InChI=1S/C22H28N4O2/c27-21(9-5-4-8-18-6-2-1-3-7-18)26-11-10-19-20(16-26)23-17-24-22(19)25-12-14-28-15-13-25/h1-3,6-7,17H,4-5,8-16H2. The van der Waals surface area contributed by atoms with Gasteiger partial charge in [-0.3, -0.25) is 4.79 Å². The van der Waals surface area contributed by atoms with E-state index < -0.39 is 0 Å². The van der Waals surface area contributed by atoms with Gasteiger partial charge in [0.1, 0.15) is 12.1 Å². The quantitative estimate of drug-likeness (QED) is 0.721. The molecule has 1 amide bonds. The van der Waals surface area contributed by atoms with E-state index in [2.05, 4.69) is 39.1 Å². The van der Waals surface area contributed by atoms with Crippen LogP contribution in [0.15, 0.2) is 36.7 Å². The highest BCUT2D eigenvalue weighted by atomic mass is 16.5. The van der Waals surface area contributed by atoms with E-state index >= 15 is 0 Å². The van der Waals surface area contributed by atoms with Crippen molar-refractivity contribution in [1.29, 1.82) is 0 Å². The second kappa shape index (κ2) is 9.15. The minimum atomic E-state index is 0.241. The van der Waals surface area contributed by atoms with Crippen LogP contribution in [0.4, 0.5) is 5.82 Å². The van der Waals surface area contributed by atoms with Crippen LogP contribution < -0.4 is 4.90 Å². The predicted molar refractivity (Wildman–Crippen MR) is 108 cm³/mol. The van der Waals surface area contributed by atoms with Gasteiger partial charge in [-0.15, -0.1) is 0 Å². The van der Waals surface area contributed by atoms with E-state index in [1.807, 2.05) is 11.0 Å². The fraction of sp³-hybridized carbons (Fsp3) is 0.500. The molecule has 2 aliphatic heterocycles. The summed E-state index contributed by atoms with van der Waals surface area (Å²) in [7, 11) is 0. The van der Waals surface area contributed by atoms with Gasteiger partial charge in [-0.05, 0) is 31.2 Å². The molecule has 1 fully saturated rings. The van der Waals surface area contributed by atoms with Gasteiger partial charge in [-0.2, -0.15) is 0 Å². The number of hydrogen-bond donors (Lipinski definition) is 0. The number of rotatable bonds is 6.